The number of allylic oxidation sites excluding steroid dienone is 1. The van der Waals surface area contributed by atoms with E-state index in [1.54, 1.807) is 5.57 Å². The van der Waals surface area contributed by atoms with E-state index in [9.17, 15) is 9.59 Å². The molecule has 46 heavy (non-hydrogen) atoms. The monoisotopic (exact) mass is 676 g/mol. The summed E-state index contributed by atoms with van der Waals surface area (Å²) in [5.74, 6) is 5.66. The van der Waals surface area contributed by atoms with Crippen LogP contribution in [0, 0.1) is 46.3 Å². The van der Waals surface area contributed by atoms with Gasteiger partial charge in [0.25, 0.3) is 0 Å². The Morgan fingerprint density at radius 1 is 0.913 bits per heavy atom. The lowest BCUT2D eigenvalue weighted by Gasteiger charge is -2.58. The minimum Gasteiger partial charge on any atom is -0.461 e. The van der Waals surface area contributed by atoms with Gasteiger partial charge in [-0.1, -0.05) is 113 Å². The van der Waals surface area contributed by atoms with Crippen molar-refractivity contribution in [1.82, 2.24) is 5.32 Å². The van der Waals surface area contributed by atoms with Gasteiger partial charge in [0.2, 0.25) is 5.91 Å². The molecule has 7 heteroatoms. The maximum Gasteiger partial charge on any atom is 0.317 e. The second-order valence-electron chi connectivity index (χ2n) is 16.4. The number of nitrogens with one attached hydrogen (secondary N) is 1. The van der Waals surface area contributed by atoms with E-state index in [1.807, 2.05) is 0 Å². The summed E-state index contributed by atoms with van der Waals surface area (Å²) in [5, 5.41) is 3.00. The second kappa shape index (κ2) is 18.4. The predicted octanol–water partition coefficient (Wildman–Crippen LogP) is 9.74. The summed E-state index contributed by atoms with van der Waals surface area (Å²) >= 11 is 0. The fraction of sp³-hybridized carbons (Fsp3) is 0.897. The summed E-state index contributed by atoms with van der Waals surface area (Å²) in [7, 11) is 2.90. The lowest BCUT2D eigenvalue weighted by atomic mass is 9.47. The van der Waals surface area contributed by atoms with Gasteiger partial charge in [-0.2, -0.15) is 0 Å². The van der Waals surface area contributed by atoms with E-state index in [0.29, 0.717) is 16.9 Å². The van der Waals surface area contributed by atoms with Crippen LogP contribution in [0.15, 0.2) is 11.6 Å². The summed E-state index contributed by atoms with van der Waals surface area (Å²) in [6.07, 6.45) is 23.6. The molecule has 0 aliphatic heterocycles. The third-order valence-electron chi connectivity index (χ3n) is 13.0. The van der Waals surface area contributed by atoms with Gasteiger partial charge in [0, 0.05) is 13.0 Å². The van der Waals surface area contributed by atoms with E-state index in [4.69, 9.17) is 10.5 Å². The summed E-state index contributed by atoms with van der Waals surface area (Å²) < 4.78 is 6.01. The van der Waals surface area contributed by atoms with E-state index in [1.165, 1.54) is 92.2 Å². The van der Waals surface area contributed by atoms with Gasteiger partial charge in [0.05, 0.1) is 5.75 Å². The molecule has 4 rings (SSSR count). The Kier molecular flexibility index (Phi) is 15.2. The van der Waals surface area contributed by atoms with Crippen LogP contribution in [-0.4, -0.2) is 42.6 Å². The molecule has 3 saturated carbocycles. The largest absolute Gasteiger partial charge is 0.461 e. The number of unbranched alkanes of at least 4 members (excludes halogenated alkanes) is 5. The Morgan fingerprint density at radius 3 is 2.41 bits per heavy atom. The van der Waals surface area contributed by atoms with Crippen molar-refractivity contribution >= 4 is 33.5 Å². The Hall–Kier alpha value is -0.660. The third-order valence-corrected chi connectivity index (χ3v) is 15.1. The molecular formula is C39H68N2O3S2. The van der Waals surface area contributed by atoms with Crippen molar-refractivity contribution in [2.24, 2.45) is 52.1 Å². The summed E-state index contributed by atoms with van der Waals surface area (Å²) in [6, 6.07) is 0. The first kappa shape index (κ1) is 38.1. The van der Waals surface area contributed by atoms with Gasteiger partial charge in [-0.05, 0) is 111 Å². The Morgan fingerprint density at radius 2 is 1.65 bits per heavy atom. The van der Waals surface area contributed by atoms with Crippen molar-refractivity contribution in [3.63, 3.8) is 0 Å². The van der Waals surface area contributed by atoms with Crippen molar-refractivity contribution < 1.29 is 14.3 Å². The van der Waals surface area contributed by atoms with Gasteiger partial charge in [0.1, 0.15) is 11.9 Å². The van der Waals surface area contributed by atoms with E-state index >= 15 is 0 Å². The molecule has 0 aromatic carbocycles. The molecule has 3 fully saturated rings. The first-order valence-corrected chi connectivity index (χ1v) is 21.7. The van der Waals surface area contributed by atoms with Crippen LogP contribution in [0.2, 0.25) is 0 Å². The van der Waals surface area contributed by atoms with Gasteiger partial charge >= 0.3 is 5.97 Å². The number of rotatable bonds is 19. The van der Waals surface area contributed by atoms with Gasteiger partial charge in [-0.15, -0.1) is 0 Å². The molecule has 4 aliphatic rings. The quantitative estimate of drug-likeness (QED) is 0.0614. The van der Waals surface area contributed by atoms with Crippen molar-refractivity contribution in [3.8, 4) is 0 Å². The van der Waals surface area contributed by atoms with Crippen LogP contribution >= 0.6 is 21.6 Å². The lowest BCUT2D eigenvalue weighted by Crippen LogP contribution is -2.51. The Bertz CT molecular complexity index is 1000. The molecular weight excluding hydrogens is 609 g/mol. The standard InChI is InChI=1S/C39H68N2O3S2/c1-28(2)13-12-14-29(3)33-17-18-34-32-16-15-30-25-31(19-21-38(30,4)35(32)20-22-39(33,34)5)44-37(43)27-46-45-26-36(42)41-24-11-9-7-6-8-10-23-40/h15,28-29,31-35H,6-14,16-27,40H2,1-5H3,(H,41,42)/t29-,31+,32+,33-,34+,35+,38+,39-/m1/s1. The van der Waals surface area contributed by atoms with Crippen molar-refractivity contribution in [3.05, 3.63) is 11.6 Å². The minimum atomic E-state index is -0.136. The molecule has 264 valence electrons. The number of carbonyl (C=O) groups is 2. The first-order valence-electron chi connectivity index (χ1n) is 19.2. The number of esters is 1. The number of hydrogen-bond donors (Lipinski definition) is 2. The van der Waals surface area contributed by atoms with E-state index in [0.717, 1.165) is 87.1 Å². The van der Waals surface area contributed by atoms with Crippen LogP contribution in [-0.2, 0) is 14.3 Å². The zero-order valence-corrected chi connectivity index (χ0v) is 31.7. The maximum atomic E-state index is 12.7. The molecule has 0 bridgehead atoms. The highest BCUT2D eigenvalue weighted by Crippen LogP contribution is 2.67. The normalized spacial score (nSPS) is 32.7. The molecule has 3 N–H and O–H groups in total. The summed E-state index contributed by atoms with van der Waals surface area (Å²) in [4.78, 5) is 24.9. The maximum absolute atomic E-state index is 12.7. The molecule has 0 saturated heterocycles. The molecule has 0 unspecified atom stereocenters. The van der Waals surface area contributed by atoms with Crippen LogP contribution in [0.1, 0.15) is 144 Å². The van der Waals surface area contributed by atoms with Crippen LogP contribution in [0.3, 0.4) is 0 Å². The van der Waals surface area contributed by atoms with Crippen LogP contribution in [0.4, 0.5) is 0 Å². The number of amides is 1. The number of hydrogen-bond acceptors (Lipinski definition) is 6. The fourth-order valence-corrected chi connectivity index (χ4v) is 12.1. The SMILES string of the molecule is CC(C)CCC[C@@H](C)[C@H]1CC[C@H]2[C@@H]3CC=C4C[C@@H](OC(=O)CSSCC(=O)NCCCCCCCCN)CC[C@]4(C)[C@H]3CC[C@]12C. The molecule has 0 aromatic rings. The minimum absolute atomic E-state index is 0.00369. The lowest BCUT2D eigenvalue weighted by molar-refractivity contribution is -0.148. The number of fused-ring (bicyclic) bond motifs is 5. The number of ether oxygens (including phenoxy) is 1. The zero-order chi connectivity index (χ0) is 33.2. The third kappa shape index (κ3) is 9.96. The van der Waals surface area contributed by atoms with Gasteiger partial charge in [0.15, 0.2) is 0 Å². The van der Waals surface area contributed by atoms with Crippen molar-refractivity contribution in [1.29, 1.82) is 0 Å². The smallest absolute Gasteiger partial charge is 0.317 e. The van der Waals surface area contributed by atoms with Gasteiger partial charge in [-0.3, -0.25) is 9.59 Å². The first-order chi connectivity index (χ1) is 22.1. The molecule has 5 nitrogen and oxygen atoms in total. The van der Waals surface area contributed by atoms with E-state index < -0.39 is 0 Å². The van der Waals surface area contributed by atoms with Crippen molar-refractivity contribution in [2.75, 3.05) is 24.6 Å². The average Bonchev–Trinajstić information content (AvgIpc) is 3.38. The number of carbonyl (C=O) groups excluding carboxylic acids is 2. The summed E-state index contributed by atoms with van der Waals surface area (Å²) in [5.41, 5.74) is 7.91. The molecule has 0 spiro atoms. The Balaban J connectivity index is 1.16. The molecule has 0 heterocycles. The molecule has 0 aromatic heterocycles. The van der Waals surface area contributed by atoms with Gasteiger partial charge in [-0.25, -0.2) is 0 Å². The van der Waals surface area contributed by atoms with E-state index in [-0.39, 0.29) is 23.4 Å². The van der Waals surface area contributed by atoms with Crippen LogP contribution in [0.5, 0.6) is 0 Å². The predicted molar refractivity (Wildman–Crippen MR) is 198 cm³/mol. The fourth-order valence-electron chi connectivity index (χ4n) is 10.4. The number of nitrogens with two attached hydrogens (primary N) is 1. The molecule has 8 atom stereocenters. The second-order valence-corrected chi connectivity index (χ2v) is 18.9. The highest BCUT2D eigenvalue weighted by molar-refractivity contribution is 8.77. The molecule has 0 radical (unpaired) electrons. The topological polar surface area (TPSA) is 81.4 Å². The van der Waals surface area contributed by atoms with Crippen molar-refractivity contribution in [2.45, 2.75) is 150 Å². The molecule has 1 amide bonds. The summed E-state index contributed by atoms with van der Waals surface area (Å²) in [6.45, 7) is 14.0. The van der Waals surface area contributed by atoms with Crippen LogP contribution in [0.25, 0.3) is 0 Å². The zero-order valence-electron chi connectivity index (χ0n) is 30.1. The van der Waals surface area contributed by atoms with Crippen LogP contribution < -0.4 is 11.1 Å². The van der Waals surface area contributed by atoms with Gasteiger partial charge < -0.3 is 15.8 Å². The highest BCUT2D eigenvalue weighted by atomic mass is 33.1. The van der Waals surface area contributed by atoms with E-state index in [2.05, 4.69) is 46.0 Å². The Labute approximate surface area is 290 Å². The average molecular weight is 677 g/mol. The molecule has 4 aliphatic carbocycles. The highest BCUT2D eigenvalue weighted by Gasteiger charge is 2.59.